The molecule has 5 heteroatoms. The largest absolute Gasteiger partial charge is 0.493 e. The fraction of sp³-hybridized carbons (Fsp3) is 0.500. The minimum Gasteiger partial charge on any atom is -0.493 e. The molecule has 4 nitrogen and oxygen atoms in total. The average Bonchev–Trinajstić information content (AvgIpc) is 2.37. The van der Waals surface area contributed by atoms with Crippen LogP contribution in [-0.2, 0) is 11.2 Å². The lowest BCUT2D eigenvalue weighted by molar-refractivity contribution is -0.146. The molecule has 0 aliphatic carbocycles. The molecule has 1 N–H and O–H groups in total. The summed E-state index contributed by atoms with van der Waals surface area (Å²) in [6.45, 7) is 3.44. The summed E-state index contributed by atoms with van der Waals surface area (Å²) >= 11 is 1.57. The number of ether oxygens (including phenoxy) is 2. The summed E-state index contributed by atoms with van der Waals surface area (Å²) in [4.78, 5) is 12.2. The molecule has 0 spiro atoms. The predicted molar refractivity (Wildman–Crippen MR) is 76.4 cm³/mol. The van der Waals surface area contributed by atoms with Gasteiger partial charge < -0.3 is 14.6 Å². The lowest BCUT2D eigenvalue weighted by atomic mass is 9.86. The average molecular weight is 284 g/mol. The van der Waals surface area contributed by atoms with Gasteiger partial charge in [0, 0.05) is 4.90 Å². The first kappa shape index (κ1) is 15.7. The monoisotopic (exact) mass is 284 g/mol. The van der Waals surface area contributed by atoms with Gasteiger partial charge in [-0.3, -0.25) is 4.79 Å². The fourth-order valence-corrected chi connectivity index (χ4v) is 2.40. The Morgan fingerprint density at radius 1 is 1.26 bits per heavy atom. The Kier molecular flexibility index (Phi) is 5.11. The predicted octanol–water partition coefficient (Wildman–Crippen LogP) is 3.08. The molecule has 1 rings (SSSR count). The molecule has 0 atom stereocenters. The first-order valence-corrected chi connectivity index (χ1v) is 7.10. The number of methoxy groups -OCH3 is 2. The number of hydrogen-bond acceptors (Lipinski definition) is 4. The van der Waals surface area contributed by atoms with E-state index in [0.29, 0.717) is 17.9 Å². The van der Waals surface area contributed by atoms with Crippen molar-refractivity contribution in [1.82, 2.24) is 0 Å². The normalized spacial score (nSPS) is 11.2. The van der Waals surface area contributed by atoms with Gasteiger partial charge in [0.05, 0.1) is 19.6 Å². The van der Waals surface area contributed by atoms with E-state index in [1.807, 2.05) is 18.4 Å². The molecule has 0 heterocycles. The van der Waals surface area contributed by atoms with Crippen LogP contribution in [0.4, 0.5) is 0 Å². The van der Waals surface area contributed by atoms with E-state index in [0.717, 1.165) is 10.5 Å². The summed E-state index contributed by atoms with van der Waals surface area (Å²) in [6.07, 6.45) is 2.40. The Morgan fingerprint density at radius 2 is 1.79 bits per heavy atom. The van der Waals surface area contributed by atoms with Gasteiger partial charge in [0.1, 0.15) is 0 Å². The third kappa shape index (κ3) is 3.56. The Hall–Kier alpha value is -1.36. The summed E-state index contributed by atoms with van der Waals surface area (Å²) < 4.78 is 10.5. The second-order valence-corrected chi connectivity index (χ2v) is 5.73. The van der Waals surface area contributed by atoms with E-state index in [1.54, 1.807) is 39.8 Å². The Labute approximate surface area is 118 Å². The Bertz CT molecular complexity index is 469. The van der Waals surface area contributed by atoms with Crippen molar-refractivity contribution < 1.29 is 19.4 Å². The summed E-state index contributed by atoms with van der Waals surface area (Å²) in [5.74, 6) is 0.467. The van der Waals surface area contributed by atoms with Crippen LogP contribution in [-0.4, -0.2) is 31.6 Å². The van der Waals surface area contributed by atoms with E-state index in [9.17, 15) is 9.90 Å². The number of benzene rings is 1. The van der Waals surface area contributed by atoms with Crippen LogP contribution in [0.3, 0.4) is 0 Å². The van der Waals surface area contributed by atoms with E-state index >= 15 is 0 Å². The maximum atomic E-state index is 11.2. The number of hydrogen-bond donors (Lipinski definition) is 1. The van der Waals surface area contributed by atoms with Crippen molar-refractivity contribution >= 4 is 17.7 Å². The standard InChI is InChI=1S/C14H20O4S/c1-14(2,13(15)16)8-9-6-10(17-3)11(18-4)7-12(9)19-5/h6-7H,8H2,1-5H3,(H,15,16). The number of aliphatic carboxylic acids is 1. The van der Waals surface area contributed by atoms with Gasteiger partial charge in [0.25, 0.3) is 0 Å². The summed E-state index contributed by atoms with van der Waals surface area (Å²) in [6, 6.07) is 3.74. The molecule has 0 bridgehead atoms. The molecule has 1 aromatic carbocycles. The second kappa shape index (κ2) is 6.19. The fourth-order valence-electron chi connectivity index (χ4n) is 1.78. The first-order valence-electron chi connectivity index (χ1n) is 5.88. The van der Waals surface area contributed by atoms with Gasteiger partial charge in [-0.05, 0) is 44.2 Å². The lowest BCUT2D eigenvalue weighted by Gasteiger charge is -2.21. The number of carbonyl (C=O) groups is 1. The highest BCUT2D eigenvalue weighted by Crippen LogP contribution is 2.37. The summed E-state index contributed by atoms with van der Waals surface area (Å²) in [5.41, 5.74) is 0.141. The van der Waals surface area contributed by atoms with Crippen LogP contribution >= 0.6 is 11.8 Å². The van der Waals surface area contributed by atoms with Gasteiger partial charge in [-0.15, -0.1) is 11.8 Å². The molecule has 106 valence electrons. The van der Waals surface area contributed by atoms with Crippen molar-refractivity contribution in [2.24, 2.45) is 5.41 Å². The molecule has 1 aromatic rings. The molecule has 0 aliphatic heterocycles. The van der Waals surface area contributed by atoms with Crippen molar-refractivity contribution in [3.8, 4) is 11.5 Å². The molecule has 0 amide bonds. The number of carboxylic acids is 1. The molecule has 0 unspecified atom stereocenters. The van der Waals surface area contributed by atoms with E-state index in [4.69, 9.17) is 9.47 Å². The highest BCUT2D eigenvalue weighted by Gasteiger charge is 2.29. The molecule has 0 fully saturated rings. The van der Waals surface area contributed by atoms with Crippen LogP contribution < -0.4 is 9.47 Å². The molecular weight excluding hydrogens is 264 g/mol. The topological polar surface area (TPSA) is 55.8 Å². The van der Waals surface area contributed by atoms with Crippen molar-refractivity contribution in [1.29, 1.82) is 0 Å². The second-order valence-electron chi connectivity index (χ2n) is 4.88. The quantitative estimate of drug-likeness (QED) is 0.814. The van der Waals surface area contributed by atoms with E-state index < -0.39 is 11.4 Å². The SMILES string of the molecule is COc1cc(CC(C)(C)C(=O)O)c(SC)cc1OC. The molecule has 0 saturated heterocycles. The van der Waals surface area contributed by atoms with Crippen LogP contribution in [0.2, 0.25) is 0 Å². The molecule has 0 aliphatic rings. The summed E-state index contributed by atoms with van der Waals surface area (Å²) in [5, 5.41) is 9.23. The highest BCUT2D eigenvalue weighted by molar-refractivity contribution is 7.98. The number of thioether (sulfide) groups is 1. The Balaban J connectivity index is 3.23. The van der Waals surface area contributed by atoms with Crippen LogP contribution in [0.1, 0.15) is 19.4 Å². The van der Waals surface area contributed by atoms with Crippen molar-refractivity contribution in [2.45, 2.75) is 25.2 Å². The minimum atomic E-state index is -0.815. The maximum absolute atomic E-state index is 11.2. The smallest absolute Gasteiger partial charge is 0.309 e. The van der Waals surface area contributed by atoms with Gasteiger partial charge in [-0.1, -0.05) is 0 Å². The zero-order chi connectivity index (χ0) is 14.6. The highest BCUT2D eigenvalue weighted by atomic mass is 32.2. The molecule has 0 saturated carbocycles. The molecule has 0 radical (unpaired) electrons. The zero-order valence-corrected chi connectivity index (χ0v) is 12.8. The Morgan fingerprint density at radius 3 is 2.21 bits per heavy atom. The van der Waals surface area contributed by atoms with Gasteiger partial charge >= 0.3 is 5.97 Å². The summed E-state index contributed by atoms with van der Waals surface area (Å²) in [7, 11) is 3.16. The van der Waals surface area contributed by atoms with Gasteiger partial charge in [0.15, 0.2) is 11.5 Å². The third-order valence-electron chi connectivity index (χ3n) is 3.00. The van der Waals surface area contributed by atoms with Gasteiger partial charge in [-0.25, -0.2) is 0 Å². The van der Waals surface area contributed by atoms with Crippen LogP contribution in [0.5, 0.6) is 11.5 Å². The maximum Gasteiger partial charge on any atom is 0.309 e. The minimum absolute atomic E-state index is 0.443. The van der Waals surface area contributed by atoms with Crippen LogP contribution in [0, 0.1) is 5.41 Å². The van der Waals surface area contributed by atoms with Crippen LogP contribution in [0.25, 0.3) is 0 Å². The van der Waals surface area contributed by atoms with Crippen molar-refractivity contribution in [3.05, 3.63) is 17.7 Å². The van der Waals surface area contributed by atoms with Crippen molar-refractivity contribution in [3.63, 3.8) is 0 Å². The third-order valence-corrected chi connectivity index (χ3v) is 3.82. The first-order chi connectivity index (χ1) is 8.85. The van der Waals surface area contributed by atoms with E-state index in [2.05, 4.69) is 0 Å². The lowest BCUT2D eigenvalue weighted by Crippen LogP contribution is -2.26. The van der Waals surface area contributed by atoms with Gasteiger partial charge in [0.2, 0.25) is 0 Å². The van der Waals surface area contributed by atoms with Crippen molar-refractivity contribution in [2.75, 3.05) is 20.5 Å². The number of carboxylic acid groups (broad SMARTS) is 1. The zero-order valence-electron chi connectivity index (χ0n) is 11.9. The molecule has 19 heavy (non-hydrogen) atoms. The van der Waals surface area contributed by atoms with Gasteiger partial charge in [-0.2, -0.15) is 0 Å². The van der Waals surface area contributed by atoms with E-state index in [1.165, 1.54) is 0 Å². The van der Waals surface area contributed by atoms with E-state index in [-0.39, 0.29) is 0 Å². The molecule has 0 aromatic heterocycles. The molecular formula is C14H20O4S. The number of rotatable bonds is 6. The van der Waals surface area contributed by atoms with Crippen LogP contribution in [0.15, 0.2) is 17.0 Å².